The molecular formula is C16H22BrFN2O2. The molecule has 22 heavy (non-hydrogen) atoms. The summed E-state index contributed by atoms with van der Waals surface area (Å²) >= 11 is 3.31. The first kappa shape index (κ1) is 17.4. The number of hydrogen-bond donors (Lipinski definition) is 1. The standard InChI is InChI=1S/C16H22BrFN2O2/c1-2-20(11-15(21)22)13-6-8-19(9-7-13)10-12-4-3-5-14(18)16(12)17/h3-5,13H,2,6-11H2,1H3,(H,21,22). The summed E-state index contributed by atoms with van der Waals surface area (Å²) in [5, 5.41) is 8.96. The fraction of sp³-hybridized carbons (Fsp3) is 0.562. The van der Waals surface area contributed by atoms with Crippen LogP contribution in [0.15, 0.2) is 22.7 Å². The van der Waals surface area contributed by atoms with Crippen molar-refractivity contribution in [3.63, 3.8) is 0 Å². The molecule has 1 aliphatic rings. The topological polar surface area (TPSA) is 43.8 Å². The van der Waals surface area contributed by atoms with Crippen LogP contribution in [0.2, 0.25) is 0 Å². The molecule has 122 valence electrons. The van der Waals surface area contributed by atoms with Crippen molar-refractivity contribution in [1.29, 1.82) is 0 Å². The minimum absolute atomic E-state index is 0.108. The molecule has 0 saturated carbocycles. The molecule has 6 heteroatoms. The van der Waals surface area contributed by atoms with Crippen molar-refractivity contribution < 1.29 is 14.3 Å². The summed E-state index contributed by atoms with van der Waals surface area (Å²) < 4.78 is 14.1. The maximum atomic E-state index is 13.5. The third-order valence-corrected chi connectivity index (χ3v) is 5.13. The lowest BCUT2D eigenvalue weighted by Crippen LogP contribution is -2.46. The zero-order valence-corrected chi connectivity index (χ0v) is 14.4. The number of carboxylic acid groups (broad SMARTS) is 1. The molecule has 0 unspecified atom stereocenters. The average molecular weight is 373 g/mol. The highest BCUT2D eigenvalue weighted by Crippen LogP contribution is 2.24. The molecule has 1 aromatic carbocycles. The van der Waals surface area contributed by atoms with E-state index in [1.54, 1.807) is 6.07 Å². The van der Waals surface area contributed by atoms with E-state index in [1.807, 2.05) is 17.9 Å². The molecule has 0 aromatic heterocycles. The van der Waals surface area contributed by atoms with Gasteiger partial charge in [0.05, 0.1) is 11.0 Å². The summed E-state index contributed by atoms with van der Waals surface area (Å²) in [6.45, 7) is 5.39. The van der Waals surface area contributed by atoms with E-state index in [2.05, 4.69) is 20.8 Å². The largest absolute Gasteiger partial charge is 0.480 e. The van der Waals surface area contributed by atoms with E-state index in [1.165, 1.54) is 6.07 Å². The first-order valence-corrected chi connectivity index (χ1v) is 8.41. The molecule has 0 amide bonds. The maximum absolute atomic E-state index is 13.5. The summed E-state index contributed by atoms with van der Waals surface area (Å²) in [5.74, 6) is -1.00. The number of benzene rings is 1. The molecule has 1 N–H and O–H groups in total. The summed E-state index contributed by atoms with van der Waals surface area (Å²) in [5.41, 5.74) is 0.955. The number of likely N-dealkylation sites (tertiary alicyclic amines) is 1. The molecular weight excluding hydrogens is 351 g/mol. The van der Waals surface area contributed by atoms with Gasteiger partial charge < -0.3 is 5.11 Å². The molecule has 1 saturated heterocycles. The van der Waals surface area contributed by atoms with Crippen LogP contribution in [0.1, 0.15) is 25.3 Å². The second-order valence-electron chi connectivity index (χ2n) is 5.68. The van der Waals surface area contributed by atoms with Crippen LogP contribution in [0.3, 0.4) is 0 Å². The van der Waals surface area contributed by atoms with E-state index >= 15 is 0 Å². The Kier molecular flexibility index (Phi) is 6.35. The monoisotopic (exact) mass is 372 g/mol. The number of carboxylic acids is 1. The van der Waals surface area contributed by atoms with Gasteiger partial charge in [-0.15, -0.1) is 0 Å². The molecule has 0 spiro atoms. The minimum atomic E-state index is -0.770. The maximum Gasteiger partial charge on any atom is 0.317 e. The van der Waals surface area contributed by atoms with Gasteiger partial charge in [-0.25, -0.2) is 4.39 Å². The Balaban J connectivity index is 1.89. The quantitative estimate of drug-likeness (QED) is 0.833. The van der Waals surface area contributed by atoms with E-state index in [0.29, 0.717) is 10.5 Å². The predicted octanol–water partition coefficient (Wildman–Crippen LogP) is 2.96. The highest BCUT2D eigenvalue weighted by molar-refractivity contribution is 9.10. The second kappa shape index (κ2) is 8.04. The summed E-state index contributed by atoms with van der Waals surface area (Å²) in [6, 6.07) is 5.44. The summed E-state index contributed by atoms with van der Waals surface area (Å²) in [6.07, 6.45) is 1.90. The Labute approximate surface area is 139 Å². The first-order chi connectivity index (χ1) is 10.5. The second-order valence-corrected chi connectivity index (χ2v) is 6.47. The highest BCUT2D eigenvalue weighted by atomic mass is 79.9. The molecule has 1 fully saturated rings. The van der Waals surface area contributed by atoms with Crippen LogP contribution >= 0.6 is 15.9 Å². The third-order valence-electron chi connectivity index (χ3n) is 4.24. The number of halogens is 2. The lowest BCUT2D eigenvalue weighted by Gasteiger charge is -2.37. The van der Waals surface area contributed by atoms with Gasteiger partial charge in [-0.2, -0.15) is 0 Å². The zero-order valence-electron chi connectivity index (χ0n) is 12.8. The molecule has 2 rings (SSSR count). The Morgan fingerprint density at radius 1 is 1.45 bits per heavy atom. The van der Waals surface area contributed by atoms with Crippen LogP contribution in [-0.4, -0.2) is 53.1 Å². The fourth-order valence-corrected chi connectivity index (χ4v) is 3.42. The third kappa shape index (κ3) is 4.51. The van der Waals surface area contributed by atoms with E-state index in [4.69, 9.17) is 5.11 Å². The minimum Gasteiger partial charge on any atom is -0.480 e. The van der Waals surface area contributed by atoms with Crippen molar-refractivity contribution in [3.05, 3.63) is 34.1 Å². The molecule has 0 aliphatic carbocycles. The van der Waals surface area contributed by atoms with Gasteiger partial charge in [-0.1, -0.05) is 19.1 Å². The Bertz CT molecular complexity index is 519. The van der Waals surface area contributed by atoms with Crippen molar-refractivity contribution in [2.75, 3.05) is 26.2 Å². The normalized spacial score (nSPS) is 17.1. The van der Waals surface area contributed by atoms with Crippen LogP contribution in [-0.2, 0) is 11.3 Å². The van der Waals surface area contributed by atoms with Gasteiger partial charge in [-0.05, 0) is 60.0 Å². The Morgan fingerprint density at radius 2 is 2.14 bits per heavy atom. The lowest BCUT2D eigenvalue weighted by atomic mass is 10.0. The highest BCUT2D eigenvalue weighted by Gasteiger charge is 2.25. The molecule has 0 atom stereocenters. The molecule has 1 heterocycles. The van der Waals surface area contributed by atoms with Crippen molar-refractivity contribution in [2.24, 2.45) is 0 Å². The number of aliphatic carboxylic acids is 1. The van der Waals surface area contributed by atoms with Gasteiger partial charge in [0.15, 0.2) is 0 Å². The van der Waals surface area contributed by atoms with Crippen LogP contribution < -0.4 is 0 Å². The molecule has 1 aliphatic heterocycles. The van der Waals surface area contributed by atoms with E-state index < -0.39 is 5.97 Å². The Hall–Kier alpha value is -0.980. The van der Waals surface area contributed by atoms with Crippen LogP contribution in [0.25, 0.3) is 0 Å². The molecule has 4 nitrogen and oxygen atoms in total. The smallest absolute Gasteiger partial charge is 0.317 e. The summed E-state index contributed by atoms with van der Waals surface area (Å²) in [7, 11) is 0. The van der Waals surface area contributed by atoms with Crippen LogP contribution in [0.4, 0.5) is 4.39 Å². The number of likely N-dealkylation sites (N-methyl/N-ethyl adjacent to an activating group) is 1. The van der Waals surface area contributed by atoms with E-state index in [0.717, 1.165) is 44.6 Å². The van der Waals surface area contributed by atoms with E-state index in [-0.39, 0.29) is 12.4 Å². The molecule has 1 aromatic rings. The van der Waals surface area contributed by atoms with Crippen molar-refractivity contribution in [1.82, 2.24) is 9.80 Å². The SMILES string of the molecule is CCN(CC(=O)O)C1CCN(Cc2cccc(F)c2Br)CC1. The first-order valence-electron chi connectivity index (χ1n) is 7.62. The van der Waals surface area contributed by atoms with E-state index in [9.17, 15) is 9.18 Å². The van der Waals surface area contributed by atoms with Crippen LogP contribution in [0, 0.1) is 5.82 Å². The van der Waals surface area contributed by atoms with Gasteiger partial charge in [0.1, 0.15) is 5.82 Å². The van der Waals surface area contributed by atoms with Crippen molar-refractivity contribution in [3.8, 4) is 0 Å². The lowest BCUT2D eigenvalue weighted by molar-refractivity contribution is -0.139. The van der Waals surface area contributed by atoms with Gasteiger partial charge >= 0.3 is 5.97 Å². The zero-order chi connectivity index (χ0) is 16.1. The summed E-state index contributed by atoms with van der Waals surface area (Å²) in [4.78, 5) is 15.2. The number of piperidine rings is 1. The van der Waals surface area contributed by atoms with Gasteiger partial charge in [-0.3, -0.25) is 14.6 Å². The van der Waals surface area contributed by atoms with Gasteiger partial charge in [0, 0.05) is 12.6 Å². The predicted molar refractivity (Wildman–Crippen MR) is 87.3 cm³/mol. The fourth-order valence-electron chi connectivity index (χ4n) is 3.03. The Morgan fingerprint density at radius 3 is 2.73 bits per heavy atom. The molecule has 0 bridgehead atoms. The average Bonchev–Trinajstić information content (AvgIpc) is 2.50. The van der Waals surface area contributed by atoms with Crippen LogP contribution in [0.5, 0.6) is 0 Å². The van der Waals surface area contributed by atoms with Gasteiger partial charge in [0.2, 0.25) is 0 Å². The van der Waals surface area contributed by atoms with Crippen molar-refractivity contribution >= 4 is 21.9 Å². The number of nitrogens with zero attached hydrogens (tertiary/aromatic N) is 2. The molecule has 0 radical (unpaired) electrons. The number of rotatable bonds is 6. The number of carbonyl (C=O) groups is 1. The van der Waals surface area contributed by atoms with Gasteiger partial charge in [0.25, 0.3) is 0 Å². The van der Waals surface area contributed by atoms with Crippen molar-refractivity contribution in [2.45, 2.75) is 32.4 Å². The number of hydrogen-bond acceptors (Lipinski definition) is 3.